The van der Waals surface area contributed by atoms with Gasteiger partial charge in [-0.15, -0.1) is 0 Å². The van der Waals surface area contributed by atoms with Gasteiger partial charge in [-0.25, -0.2) is 0 Å². The number of hydrogen-bond donors (Lipinski definition) is 0. The number of hydrogen-bond acceptors (Lipinski definition) is 2. The molecule has 2 rings (SSSR count). The Morgan fingerprint density at radius 2 is 2.17 bits per heavy atom. The molecule has 2 unspecified atom stereocenters. The van der Waals surface area contributed by atoms with Gasteiger partial charge < -0.3 is 4.90 Å². The molecule has 2 aliphatic heterocycles. The van der Waals surface area contributed by atoms with Gasteiger partial charge in [-0.2, -0.15) is 11.8 Å². The fourth-order valence-electron chi connectivity index (χ4n) is 2.10. The molecule has 0 amide bonds. The topological polar surface area (TPSA) is 3.24 Å². The van der Waals surface area contributed by atoms with E-state index in [0.29, 0.717) is 4.75 Å². The molecule has 2 aliphatic rings. The summed E-state index contributed by atoms with van der Waals surface area (Å²) in [5.41, 5.74) is 0. The van der Waals surface area contributed by atoms with Crippen molar-refractivity contribution in [2.75, 3.05) is 18.8 Å². The van der Waals surface area contributed by atoms with Gasteiger partial charge in [-0.05, 0) is 39.7 Å². The van der Waals surface area contributed by atoms with E-state index in [-0.39, 0.29) is 0 Å². The van der Waals surface area contributed by atoms with Gasteiger partial charge in [0.05, 0.1) is 0 Å². The summed E-state index contributed by atoms with van der Waals surface area (Å²) in [7, 11) is 0. The lowest BCUT2D eigenvalue weighted by Crippen LogP contribution is -2.30. The highest BCUT2D eigenvalue weighted by Gasteiger charge is 2.48. The monoisotopic (exact) mass is 185 g/mol. The molecule has 70 valence electrons. The lowest BCUT2D eigenvalue weighted by Gasteiger charge is -2.21. The predicted molar refractivity (Wildman–Crippen MR) is 55.7 cm³/mol. The standard InChI is InChI=1S/C10H19NS/c1-8(2)11-5-4-9(6-11)10(3)7-12-10/h8-9H,4-7H2,1-3H3. The SMILES string of the molecule is CC(C)N1CCC(C2(C)CS2)C1. The Morgan fingerprint density at radius 1 is 1.50 bits per heavy atom. The van der Waals surface area contributed by atoms with Gasteiger partial charge in [-0.1, -0.05) is 0 Å². The largest absolute Gasteiger partial charge is 0.301 e. The minimum absolute atomic E-state index is 0.670. The average Bonchev–Trinajstić information content (AvgIpc) is 2.61. The first kappa shape index (κ1) is 8.89. The average molecular weight is 185 g/mol. The van der Waals surface area contributed by atoms with Crippen LogP contribution in [0.4, 0.5) is 0 Å². The van der Waals surface area contributed by atoms with Gasteiger partial charge in [-0.3, -0.25) is 0 Å². The minimum Gasteiger partial charge on any atom is -0.301 e. The minimum atomic E-state index is 0.670. The van der Waals surface area contributed by atoms with Gasteiger partial charge in [0, 0.05) is 23.1 Å². The van der Waals surface area contributed by atoms with Crippen molar-refractivity contribution in [3.8, 4) is 0 Å². The fourth-order valence-corrected chi connectivity index (χ4v) is 3.00. The summed E-state index contributed by atoms with van der Waals surface area (Å²) in [6, 6.07) is 0.752. The third-order valence-corrected chi connectivity index (χ3v) is 4.95. The first-order valence-corrected chi connectivity index (χ1v) is 5.98. The first-order chi connectivity index (χ1) is 5.62. The molecule has 1 nitrogen and oxygen atoms in total. The van der Waals surface area contributed by atoms with Gasteiger partial charge in [0.2, 0.25) is 0 Å². The van der Waals surface area contributed by atoms with E-state index in [1.165, 1.54) is 25.3 Å². The molecule has 2 saturated heterocycles. The maximum atomic E-state index is 2.62. The van der Waals surface area contributed by atoms with Crippen LogP contribution in [-0.4, -0.2) is 34.5 Å². The number of rotatable bonds is 2. The van der Waals surface area contributed by atoms with E-state index in [1.807, 2.05) is 0 Å². The van der Waals surface area contributed by atoms with Crippen molar-refractivity contribution in [1.82, 2.24) is 4.90 Å². The van der Waals surface area contributed by atoms with Crippen LogP contribution in [0.3, 0.4) is 0 Å². The molecule has 0 aliphatic carbocycles. The fraction of sp³-hybridized carbons (Fsp3) is 1.00. The molecule has 0 N–H and O–H groups in total. The smallest absolute Gasteiger partial charge is 0.0263 e. The molecule has 0 saturated carbocycles. The third-order valence-electron chi connectivity index (χ3n) is 3.41. The molecule has 2 atom stereocenters. The summed E-state index contributed by atoms with van der Waals surface area (Å²) >= 11 is 2.15. The molecular weight excluding hydrogens is 166 g/mol. The van der Waals surface area contributed by atoms with Crippen molar-refractivity contribution < 1.29 is 0 Å². The number of likely N-dealkylation sites (tertiary alicyclic amines) is 1. The molecule has 0 radical (unpaired) electrons. The van der Waals surface area contributed by atoms with Crippen LogP contribution in [0.25, 0.3) is 0 Å². The van der Waals surface area contributed by atoms with Crippen LogP contribution in [0.5, 0.6) is 0 Å². The van der Waals surface area contributed by atoms with Crippen LogP contribution in [0.2, 0.25) is 0 Å². The summed E-state index contributed by atoms with van der Waals surface area (Å²) in [5.74, 6) is 2.38. The van der Waals surface area contributed by atoms with Gasteiger partial charge >= 0.3 is 0 Å². The molecule has 0 aromatic heterocycles. The van der Waals surface area contributed by atoms with E-state index in [4.69, 9.17) is 0 Å². The molecule has 2 heteroatoms. The predicted octanol–water partition coefficient (Wildman–Crippen LogP) is 2.22. The Hall–Kier alpha value is 0.310. The maximum Gasteiger partial charge on any atom is 0.0263 e. The molecule has 0 spiro atoms. The Balaban J connectivity index is 1.90. The van der Waals surface area contributed by atoms with Crippen LogP contribution >= 0.6 is 11.8 Å². The molecular formula is C10H19NS. The number of nitrogens with zero attached hydrogens (tertiary/aromatic N) is 1. The Morgan fingerprint density at radius 3 is 2.58 bits per heavy atom. The van der Waals surface area contributed by atoms with E-state index in [0.717, 1.165) is 12.0 Å². The Labute approximate surface area is 79.9 Å². The van der Waals surface area contributed by atoms with Crippen LogP contribution in [-0.2, 0) is 0 Å². The van der Waals surface area contributed by atoms with E-state index >= 15 is 0 Å². The lowest BCUT2D eigenvalue weighted by atomic mass is 9.95. The summed E-state index contributed by atoms with van der Waals surface area (Å²) < 4.78 is 0.670. The third kappa shape index (κ3) is 1.51. The Bertz CT molecular complexity index is 175. The van der Waals surface area contributed by atoms with Gasteiger partial charge in [0.25, 0.3) is 0 Å². The van der Waals surface area contributed by atoms with Gasteiger partial charge in [0.1, 0.15) is 0 Å². The summed E-state index contributed by atoms with van der Waals surface area (Å²) in [6.45, 7) is 9.74. The van der Waals surface area contributed by atoms with Crippen LogP contribution in [0.15, 0.2) is 0 Å². The molecule has 0 bridgehead atoms. The second kappa shape index (κ2) is 2.91. The Kier molecular flexibility index (Phi) is 2.16. The maximum absolute atomic E-state index is 2.62. The van der Waals surface area contributed by atoms with E-state index in [1.54, 1.807) is 0 Å². The normalized spacial score (nSPS) is 42.5. The van der Waals surface area contributed by atoms with Crippen molar-refractivity contribution in [3.63, 3.8) is 0 Å². The molecule has 2 fully saturated rings. The lowest BCUT2D eigenvalue weighted by molar-refractivity contribution is 0.261. The summed E-state index contributed by atoms with van der Waals surface area (Å²) in [6.07, 6.45) is 1.43. The van der Waals surface area contributed by atoms with Crippen molar-refractivity contribution >= 4 is 11.8 Å². The molecule has 2 heterocycles. The first-order valence-electron chi connectivity index (χ1n) is 5.00. The molecule has 12 heavy (non-hydrogen) atoms. The number of thioether (sulfide) groups is 1. The zero-order chi connectivity index (χ0) is 8.77. The van der Waals surface area contributed by atoms with Crippen LogP contribution in [0, 0.1) is 5.92 Å². The second-order valence-electron chi connectivity index (χ2n) is 4.68. The second-order valence-corrected chi connectivity index (χ2v) is 6.19. The van der Waals surface area contributed by atoms with Crippen molar-refractivity contribution in [2.24, 2.45) is 5.92 Å². The van der Waals surface area contributed by atoms with E-state index in [2.05, 4.69) is 37.4 Å². The van der Waals surface area contributed by atoms with Gasteiger partial charge in [0.15, 0.2) is 0 Å². The quantitative estimate of drug-likeness (QED) is 0.607. The van der Waals surface area contributed by atoms with E-state index < -0.39 is 0 Å². The highest BCUT2D eigenvalue weighted by atomic mass is 32.2. The van der Waals surface area contributed by atoms with Crippen molar-refractivity contribution in [2.45, 2.75) is 38.0 Å². The van der Waals surface area contributed by atoms with Crippen molar-refractivity contribution in [3.05, 3.63) is 0 Å². The highest BCUT2D eigenvalue weighted by molar-refractivity contribution is 8.07. The highest BCUT2D eigenvalue weighted by Crippen LogP contribution is 2.52. The van der Waals surface area contributed by atoms with Crippen molar-refractivity contribution in [1.29, 1.82) is 0 Å². The summed E-state index contributed by atoms with van der Waals surface area (Å²) in [4.78, 5) is 2.62. The van der Waals surface area contributed by atoms with E-state index in [9.17, 15) is 0 Å². The molecule has 0 aromatic carbocycles. The van der Waals surface area contributed by atoms with Crippen LogP contribution in [0.1, 0.15) is 27.2 Å². The zero-order valence-corrected chi connectivity index (χ0v) is 9.16. The summed E-state index contributed by atoms with van der Waals surface area (Å²) in [5, 5.41) is 0. The molecule has 0 aromatic rings. The van der Waals surface area contributed by atoms with Crippen LogP contribution < -0.4 is 0 Å². The zero-order valence-electron chi connectivity index (χ0n) is 8.34.